The lowest BCUT2D eigenvalue weighted by atomic mass is 10.1. The summed E-state index contributed by atoms with van der Waals surface area (Å²) in [5.74, 6) is 1.20. The Morgan fingerprint density at radius 1 is 1.16 bits per heavy atom. The first kappa shape index (κ1) is 16.1. The van der Waals surface area contributed by atoms with E-state index in [9.17, 15) is 9.90 Å². The van der Waals surface area contributed by atoms with Gasteiger partial charge >= 0.3 is 0 Å². The normalized spacial score (nSPS) is 26.3. The lowest BCUT2D eigenvalue weighted by molar-refractivity contribution is -0.114. The van der Waals surface area contributed by atoms with Crippen LogP contribution in [0.5, 0.6) is 0 Å². The van der Waals surface area contributed by atoms with Crippen molar-refractivity contribution in [2.45, 2.75) is 25.4 Å². The third kappa shape index (κ3) is 2.43. The Kier molecular flexibility index (Phi) is 3.80. The summed E-state index contributed by atoms with van der Waals surface area (Å²) in [5, 5.41) is 18.7. The van der Waals surface area contributed by atoms with Crippen molar-refractivity contribution in [2.24, 2.45) is 5.92 Å². The average molecular weight is 340 g/mol. The Morgan fingerprint density at radius 2 is 1.80 bits per heavy atom. The molecule has 25 heavy (non-hydrogen) atoms. The largest absolute Gasteiger partial charge is 0.393 e. The number of carbonyl (C=O) groups is 1. The van der Waals surface area contributed by atoms with Gasteiger partial charge in [-0.1, -0.05) is 18.6 Å². The number of rotatable bonds is 2. The molecule has 1 saturated carbocycles. The highest BCUT2D eigenvalue weighted by Gasteiger charge is 2.40. The molecule has 132 valence electrons. The maximum absolute atomic E-state index is 12.7. The second-order valence-corrected chi connectivity index (χ2v) is 7.22. The minimum absolute atomic E-state index is 0.0148. The average Bonchev–Trinajstić information content (AvgIpc) is 3.20. The van der Waals surface area contributed by atoms with Gasteiger partial charge in [0.05, 0.1) is 24.0 Å². The van der Waals surface area contributed by atoms with Crippen LogP contribution in [0.3, 0.4) is 0 Å². The Bertz CT molecular complexity index is 741. The number of ketones is 1. The third-order valence-corrected chi connectivity index (χ3v) is 5.70. The van der Waals surface area contributed by atoms with Crippen LogP contribution in [0.15, 0.2) is 35.7 Å². The SMILES string of the molecule is CN1C(=C2C(=N)N(CC3CCCC3O)CC2=O)N(C)c2ccccc21. The lowest BCUT2D eigenvalue weighted by Gasteiger charge is -2.24. The van der Waals surface area contributed by atoms with E-state index < -0.39 is 0 Å². The number of fused-ring (bicyclic) bond motifs is 1. The minimum atomic E-state index is -0.305. The number of anilines is 2. The van der Waals surface area contributed by atoms with Crippen LogP contribution >= 0.6 is 0 Å². The van der Waals surface area contributed by atoms with Crippen molar-refractivity contribution in [3.63, 3.8) is 0 Å². The number of nitrogens with zero attached hydrogens (tertiary/aromatic N) is 3. The number of likely N-dealkylation sites (tertiary alicyclic amines) is 1. The first-order valence-electron chi connectivity index (χ1n) is 8.85. The predicted octanol–water partition coefficient (Wildman–Crippen LogP) is 1.81. The summed E-state index contributed by atoms with van der Waals surface area (Å²) in [6.45, 7) is 0.821. The number of hydrogen-bond donors (Lipinski definition) is 2. The number of para-hydroxylation sites is 2. The van der Waals surface area contributed by atoms with Gasteiger partial charge in [0.1, 0.15) is 17.2 Å². The van der Waals surface area contributed by atoms with E-state index in [4.69, 9.17) is 5.41 Å². The second-order valence-electron chi connectivity index (χ2n) is 7.22. The monoisotopic (exact) mass is 340 g/mol. The van der Waals surface area contributed by atoms with Crippen LogP contribution in [0.1, 0.15) is 19.3 Å². The first-order valence-corrected chi connectivity index (χ1v) is 8.85. The number of benzene rings is 1. The third-order valence-electron chi connectivity index (χ3n) is 5.70. The van der Waals surface area contributed by atoms with E-state index in [1.54, 1.807) is 0 Å². The van der Waals surface area contributed by atoms with Crippen molar-refractivity contribution >= 4 is 23.0 Å². The number of nitrogens with one attached hydrogen (secondary N) is 1. The van der Waals surface area contributed by atoms with Gasteiger partial charge in [-0.15, -0.1) is 0 Å². The van der Waals surface area contributed by atoms with Crippen LogP contribution in [0, 0.1) is 11.3 Å². The van der Waals surface area contributed by atoms with E-state index in [-0.39, 0.29) is 30.2 Å². The molecule has 0 spiro atoms. The molecule has 0 radical (unpaired) electrons. The molecule has 0 aromatic heterocycles. The Labute approximate surface area is 147 Å². The van der Waals surface area contributed by atoms with Gasteiger partial charge in [-0.05, 0) is 25.0 Å². The predicted molar refractivity (Wildman–Crippen MR) is 97.9 cm³/mol. The van der Waals surface area contributed by atoms with Gasteiger partial charge in [0.15, 0.2) is 5.78 Å². The number of hydrogen-bond acceptors (Lipinski definition) is 5. The zero-order valence-electron chi connectivity index (χ0n) is 14.7. The molecule has 2 heterocycles. The number of aliphatic hydroxyl groups is 1. The zero-order valence-corrected chi connectivity index (χ0v) is 14.7. The molecule has 2 atom stereocenters. The standard InChI is InChI=1S/C19H24N4O2/c1-21-13-7-3-4-8-14(13)22(2)19(21)17-16(25)11-23(18(17)20)10-12-6-5-9-15(12)24/h3-4,7-8,12,15,20,24H,5-6,9-11H2,1-2H3. The van der Waals surface area contributed by atoms with Gasteiger partial charge in [0, 0.05) is 26.6 Å². The number of aliphatic hydroxyl groups excluding tert-OH is 1. The summed E-state index contributed by atoms with van der Waals surface area (Å²) in [6, 6.07) is 8.00. The molecule has 2 fully saturated rings. The maximum Gasteiger partial charge on any atom is 0.189 e. The lowest BCUT2D eigenvalue weighted by Crippen LogP contribution is -2.34. The topological polar surface area (TPSA) is 70.9 Å². The van der Waals surface area contributed by atoms with Crippen molar-refractivity contribution in [1.82, 2.24) is 4.90 Å². The van der Waals surface area contributed by atoms with Crippen molar-refractivity contribution < 1.29 is 9.90 Å². The van der Waals surface area contributed by atoms with Crippen molar-refractivity contribution in [3.05, 3.63) is 35.7 Å². The molecule has 2 N–H and O–H groups in total. The molecule has 1 aliphatic carbocycles. The molecular formula is C19H24N4O2. The Morgan fingerprint density at radius 3 is 2.36 bits per heavy atom. The molecule has 1 aromatic carbocycles. The molecule has 6 heteroatoms. The fourth-order valence-electron chi connectivity index (χ4n) is 4.34. The molecule has 6 nitrogen and oxygen atoms in total. The van der Waals surface area contributed by atoms with Crippen LogP contribution in [0.4, 0.5) is 11.4 Å². The van der Waals surface area contributed by atoms with E-state index in [1.807, 2.05) is 53.1 Å². The number of amidine groups is 1. The Balaban J connectivity index is 1.65. The highest BCUT2D eigenvalue weighted by molar-refractivity contribution is 6.27. The van der Waals surface area contributed by atoms with Crippen molar-refractivity contribution in [2.75, 3.05) is 37.0 Å². The highest BCUT2D eigenvalue weighted by atomic mass is 16.3. The summed E-state index contributed by atoms with van der Waals surface area (Å²) in [4.78, 5) is 18.5. The van der Waals surface area contributed by atoms with Gasteiger partial charge < -0.3 is 19.8 Å². The minimum Gasteiger partial charge on any atom is -0.393 e. The summed E-state index contributed by atoms with van der Waals surface area (Å²) in [5.41, 5.74) is 2.56. The van der Waals surface area contributed by atoms with Crippen LogP contribution in [-0.2, 0) is 4.79 Å². The summed E-state index contributed by atoms with van der Waals surface area (Å²) in [7, 11) is 3.88. The quantitative estimate of drug-likeness (QED) is 0.804. The van der Waals surface area contributed by atoms with Gasteiger partial charge in [0.25, 0.3) is 0 Å². The van der Waals surface area contributed by atoms with Crippen molar-refractivity contribution in [3.8, 4) is 0 Å². The van der Waals surface area contributed by atoms with E-state index in [1.165, 1.54) is 0 Å². The van der Waals surface area contributed by atoms with Gasteiger partial charge in [0.2, 0.25) is 0 Å². The van der Waals surface area contributed by atoms with Crippen LogP contribution in [0.2, 0.25) is 0 Å². The Hall–Kier alpha value is -2.34. The summed E-state index contributed by atoms with van der Waals surface area (Å²) >= 11 is 0. The van der Waals surface area contributed by atoms with Crippen LogP contribution in [-0.4, -0.2) is 54.9 Å². The van der Waals surface area contributed by atoms with Gasteiger partial charge in [-0.25, -0.2) is 0 Å². The fraction of sp³-hybridized carbons (Fsp3) is 0.474. The molecule has 2 unspecified atom stereocenters. The summed E-state index contributed by atoms with van der Waals surface area (Å²) < 4.78 is 0. The van der Waals surface area contributed by atoms with Crippen molar-refractivity contribution in [1.29, 1.82) is 5.41 Å². The summed E-state index contributed by atoms with van der Waals surface area (Å²) in [6.07, 6.45) is 2.52. The molecule has 0 bridgehead atoms. The van der Waals surface area contributed by atoms with E-state index in [0.29, 0.717) is 12.1 Å². The number of Topliss-reactive ketones (excluding diaryl/α,β-unsaturated/α-hetero) is 1. The van der Waals surface area contributed by atoms with E-state index in [2.05, 4.69) is 0 Å². The van der Waals surface area contributed by atoms with Gasteiger partial charge in [-0.3, -0.25) is 10.2 Å². The smallest absolute Gasteiger partial charge is 0.189 e. The van der Waals surface area contributed by atoms with Gasteiger partial charge in [-0.2, -0.15) is 0 Å². The molecule has 1 saturated heterocycles. The maximum atomic E-state index is 12.7. The molecule has 3 aliphatic rings. The first-order chi connectivity index (χ1) is 12.0. The molecule has 1 aromatic rings. The van der Waals surface area contributed by atoms with E-state index >= 15 is 0 Å². The molecule has 2 aliphatic heterocycles. The van der Waals surface area contributed by atoms with Crippen LogP contribution in [0.25, 0.3) is 0 Å². The molecule has 4 rings (SSSR count). The molecular weight excluding hydrogens is 316 g/mol. The van der Waals surface area contributed by atoms with E-state index in [0.717, 1.165) is 36.5 Å². The second kappa shape index (κ2) is 5.88. The zero-order chi connectivity index (χ0) is 17.7. The highest BCUT2D eigenvalue weighted by Crippen LogP contribution is 2.41. The van der Waals surface area contributed by atoms with Crippen LogP contribution < -0.4 is 9.80 Å². The number of carbonyl (C=O) groups excluding carboxylic acids is 1. The fourth-order valence-corrected chi connectivity index (χ4v) is 4.34. The molecule has 0 amide bonds.